The Kier molecular flexibility index (Phi) is 15.1. The first kappa shape index (κ1) is 47.6. The fourth-order valence-electron chi connectivity index (χ4n) is 10.1. The second-order valence-electron chi connectivity index (χ2n) is 18.6. The minimum Gasteiger partial charge on any atom is -0.488 e. The molecule has 0 radical (unpaired) electrons. The van der Waals surface area contributed by atoms with Crippen molar-refractivity contribution >= 4 is 51.3 Å². The van der Waals surface area contributed by atoms with E-state index >= 15 is 4.39 Å². The third-order valence-corrected chi connectivity index (χ3v) is 13.5. The highest BCUT2D eigenvalue weighted by Crippen LogP contribution is 2.39. The van der Waals surface area contributed by atoms with Gasteiger partial charge in [-0.2, -0.15) is 4.98 Å². The molecule has 2 saturated carbocycles. The largest absolute Gasteiger partial charge is 0.488 e. The van der Waals surface area contributed by atoms with E-state index in [0.717, 1.165) is 36.2 Å². The predicted octanol–water partition coefficient (Wildman–Crippen LogP) is 5.86. The molecule has 2 aliphatic carbocycles. The van der Waals surface area contributed by atoms with E-state index in [1.165, 1.54) is 14.2 Å². The lowest BCUT2D eigenvalue weighted by molar-refractivity contribution is -0.143. The number of esters is 1. The molecule has 2 saturated heterocycles. The number of carbonyl (C=O) groups excluding carboxylic acids is 2. The summed E-state index contributed by atoms with van der Waals surface area (Å²) in [6.07, 6.45) is 12.5. The van der Waals surface area contributed by atoms with Gasteiger partial charge in [0.2, 0.25) is 0 Å². The first-order valence-electron chi connectivity index (χ1n) is 24.1. The first-order chi connectivity index (χ1) is 33.6. The van der Waals surface area contributed by atoms with Gasteiger partial charge in [-0.25, -0.2) is 28.9 Å². The van der Waals surface area contributed by atoms with Crippen molar-refractivity contribution in [2.45, 2.75) is 102 Å². The molecule has 0 bridgehead atoms. The zero-order chi connectivity index (χ0) is 47.9. The van der Waals surface area contributed by atoms with Crippen molar-refractivity contribution in [3.8, 4) is 17.5 Å². The van der Waals surface area contributed by atoms with Gasteiger partial charge in [-0.3, -0.25) is 9.97 Å². The summed E-state index contributed by atoms with van der Waals surface area (Å²) in [4.78, 5) is 56.9. The van der Waals surface area contributed by atoms with Crippen molar-refractivity contribution in [3.05, 3.63) is 61.1 Å². The van der Waals surface area contributed by atoms with Crippen LogP contribution in [0.25, 0.3) is 22.1 Å². The number of ether oxygens (including phenoxy) is 6. The van der Waals surface area contributed by atoms with E-state index in [4.69, 9.17) is 38.4 Å². The summed E-state index contributed by atoms with van der Waals surface area (Å²) in [6, 6.07) is 6.86. The summed E-state index contributed by atoms with van der Waals surface area (Å²) < 4.78 is 51.5. The molecule has 4 aliphatic rings. The number of halogens is 1. The van der Waals surface area contributed by atoms with Crippen molar-refractivity contribution < 1.29 is 42.4 Å². The van der Waals surface area contributed by atoms with Gasteiger partial charge in [-0.05, 0) is 69.4 Å². The molecule has 2 aromatic carbocycles. The maximum atomic E-state index is 15.3. The van der Waals surface area contributed by atoms with E-state index in [0.29, 0.717) is 112 Å². The van der Waals surface area contributed by atoms with Crippen LogP contribution >= 0.6 is 0 Å². The van der Waals surface area contributed by atoms with Crippen LogP contribution in [0.1, 0.15) is 65.2 Å². The molecule has 9 rings (SSSR count). The Balaban J connectivity index is 0.920. The summed E-state index contributed by atoms with van der Waals surface area (Å²) in [6.45, 7) is 8.42. The third kappa shape index (κ3) is 11.6. The van der Waals surface area contributed by atoms with Crippen LogP contribution in [-0.2, 0) is 19.0 Å². The number of fused-ring (bicyclic) bond motifs is 2. The number of anilines is 3. The smallest absolute Gasteiger partial charge is 0.328 e. The predicted molar refractivity (Wildman–Crippen MR) is 255 cm³/mol. The topological polar surface area (TPSA) is 209 Å². The van der Waals surface area contributed by atoms with Crippen LogP contribution in [0.15, 0.2) is 55.2 Å². The second kappa shape index (κ2) is 21.9. The lowest BCUT2D eigenvalue weighted by Crippen LogP contribution is -2.53. The van der Waals surface area contributed by atoms with Crippen LogP contribution in [0.4, 0.5) is 26.4 Å². The van der Waals surface area contributed by atoms with E-state index in [9.17, 15) is 9.59 Å². The van der Waals surface area contributed by atoms with Crippen molar-refractivity contribution in [1.82, 2.24) is 40.5 Å². The molecule has 20 heteroatoms. The van der Waals surface area contributed by atoms with Crippen LogP contribution in [0, 0.1) is 17.7 Å². The zero-order valence-electron chi connectivity index (χ0n) is 39.6. The van der Waals surface area contributed by atoms with Gasteiger partial charge in [0.15, 0.2) is 11.6 Å². The number of methoxy groups -OCH3 is 2. The molecule has 19 nitrogen and oxygen atoms in total. The molecule has 3 aromatic heterocycles. The Morgan fingerprint density at radius 3 is 2.10 bits per heavy atom. The van der Waals surface area contributed by atoms with E-state index in [1.54, 1.807) is 24.8 Å². The number of rotatable bonds is 15. The quantitative estimate of drug-likeness (QED) is 0.105. The van der Waals surface area contributed by atoms with Gasteiger partial charge in [0.1, 0.15) is 28.6 Å². The molecule has 5 atom stereocenters. The van der Waals surface area contributed by atoms with Crippen LogP contribution in [0.3, 0.4) is 0 Å². The number of hydrogen-bond donors (Lipinski definition) is 3. The maximum absolute atomic E-state index is 15.3. The fraction of sp³-hybridized carbons (Fsp3) is 0.551. The highest BCUT2D eigenvalue weighted by molar-refractivity contribution is 5.86. The molecule has 2 unspecified atom stereocenters. The molecular formula is C49H62FN11O8. The van der Waals surface area contributed by atoms with Gasteiger partial charge in [-0.1, -0.05) is 13.8 Å². The molecule has 368 valence electrons. The van der Waals surface area contributed by atoms with Crippen LogP contribution < -0.4 is 40.0 Å². The minimum absolute atomic E-state index is 0.0675. The number of aromatic nitrogens is 6. The highest BCUT2D eigenvalue weighted by Gasteiger charge is 2.41. The number of benzene rings is 2. The van der Waals surface area contributed by atoms with Crippen LogP contribution in [0.5, 0.6) is 17.5 Å². The molecule has 5 heterocycles. The average molecular weight is 952 g/mol. The number of amides is 2. The number of urea groups is 1. The van der Waals surface area contributed by atoms with Gasteiger partial charge < -0.3 is 54.2 Å². The maximum Gasteiger partial charge on any atom is 0.328 e. The van der Waals surface area contributed by atoms with Crippen molar-refractivity contribution in [3.63, 3.8) is 0 Å². The van der Waals surface area contributed by atoms with E-state index in [-0.39, 0.29) is 60.1 Å². The summed E-state index contributed by atoms with van der Waals surface area (Å²) in [7, 11) is 2.78. The Hall–Kier alpha value is -6.41. The zero-order valence-corrected chi connectivity index (χ0v) is 39.6. The summed E-state index contributed by atoms with van der Waals surface area (Å²) >= 11 is 0. The molecule has 3 N–H and O–H groups in total. The third-order valence-electron chi connectivity index (χ3n) is 13.5. The molecule has 2 aliphatic heterocycles. The van der Waals surface area contributed by atoms with E-state index < -0.39 is 17.8 Å². The number of carbonyl (C=O) groups is 2. The van der Waals surface area contributed by atoms with Crippen molar-refractivity contribution in [2.75, 3.05) is 75.3 Å². The van der Waals surface area contributed by atoms with Gasteiger partial charge in [0, 0.05) is 92.5 Å². The monoisotopic (exact) mass is 951 g/mol. The lowest BCUT2D eigenvalue weighted by Gasteiger charge is -2.44. The molecular weight excluding hydrogens is 890 g/mol. The van der Waals surface area contributed by atoms with Crippen LogP contribution in [-0.4, -0.2) is 139 Å². The molecule has 0 spiro atoms. The Morgan fingerprint density at radius 1 is 0.797 bits per heavy atom. The molecule has 69 heavy (non-hydrogen) atoms. The second-order valence-corrected chi connectivity index (χ2v) is 18.6. The number of morpholine rings is 2. The minimum atomic E-state index is -0.713. The normalized spacial score (nSPS) is 23.6. The molecule has 5 aromatic rings. The summed E-state index contributed by atoms with van der Waals surface area (Å²) in [5, 5.41) is 9.27. The Labute approximate surface area is 400 Å². The van der Waals surface area contributed by atoms with E-state index in [1.807, 2.05) is 26.0 Å². The van der Waals surface area contributed by atoms with Crippen molar-refractivity contribution in [1.29, 1.82) is 0 Å². The van der Waals surface area contributed by atoms with Crippen LogP contribution in [0.2, 0.25) is 0 Å². The average Bonchev–Trinajstić information content (AvgIpc) is 3.37. The number of nitrogens with one attached hydrogen (secondary N) is 3. The summed E-state index contributed by atoms with van der Waals surface area (Å²) in [5.41, 5.74) is 4.75. The Bertz CT molecular complexity index is 2560. The number of hydrogen-bond acceptors (Lipinski definition) is 17. The molecule has 2 amide bonds. The fourth-order valence-corrected chi connectivity index (χ4v) is 10.1. The SMILES string of the molecule is COC(=O)[C@H](CC(C)C)NC(=O)NC1CCC(Oc2cc(N3CCOC(C4C[C@@H](Oc5cc(N6CCOCC6)cc6nccnc56)CC[C@H]4Nc4nc(OC)ncc4F)C3)cc3nccnc23)CC1. The lowest BCUT2D eigenvalue weighted by atomic mass is 9.78. The Morgan fingerprint density at radius 2 is 1.43 bits per heavy atom. The van der Waals surface area contributed by atoms with Crippen molar-refractivity contribution in [2.24, 2.45) is 11.8 Å². The van der Waals surface area contributed by atoms with E-state index in [2.05, 4.69) is 57.8 Å². The van der Waals surface area contributed by atoms with Gasteiger partial charge in [0.05, 0.1) is 69.6 Å². The van der Waals surface area contributed by atoms with Gasteiger partial charge >= 0.3 is 18.0 Å². The first-order valence-corrected chi connectivity index (χ1v) is 24.1. The highest BCUT2D eigenvalue weighted by atomic mass is 19.1. The summed E-state index contributed by atoms with van der Waals surface area (Å²) in [5.74, 6) is 0.396. The van der Waals surface area contributed by atoms with Gasteiger partial charge in [-0.15, -0.1) is 0 Å². The standard InChI is InChI=1S/C49H62FN11O8/c1-29(2)21-40(47(62)64-3)58-48(63)56-30-5-7-33(8-6-30)68-41-25-32(23-39-44(41)53-13-12-52-39)61-17-20-67-43(28-61)35-26-34(9-10-37(35)57-46-36(50)27-55-49(59-46)65-4)69-42-24-31(60-15-18-66-19-16-60)22-38-45(42)54-14-11-51-38/h11-14,22-25,27,29-30,33-35,37,40,43H,5-10,15-21,26,28H2,1-4H3,(H,55,57,59)(H2,56,58,63)/t30?,33?,34-,35?,37+,40-,43?/m0/s1. The van der Waals surface area contributed by atoms with Gasteiger partial charge in [0.25, 0.3) is 0 Å². The number of nitrogens with zero attached hydrogens (tertiary/aromatic N) is 8. The molecule has 4 fully saturated rings.